The number of fused-ring (bicyclic) bond motifs is 1. The number of halogens is 1. The molecule has 3 aromatic rings. The minimum absolute atomic E-state index is 0.0191. The average molecular weight is 451 g/mol. The highest BCUT2D eigenvalue weighted by Gasteiger charge is 2.47. The van der Waals surface area contributed by atoms with E-state index in [2.05, 4.69) is 4.98 Å². The van der Waals surface area contributed by atoms with E-state index in [-0.39, 0.29) is 23.4 Å². The normalized spacial score (nSPS) is 18.0. The molecule has 1 amide bonds. The summed E-state index contributed by atoms with van der Waals surface area (Å²) in [5, 5.41) is 12.1. The molecule has 0 radical (unpaired) electrons. The van der Waals surface area contributed by atoms with Gasteiger partial charge in [-0.1, -0.05) is 18.2 Å². The Morgan fingerprint density at radius 2 is 1.94 bits per heavy atom. The number of ether oxygens (including phenoxy) is 1. The third kappa shape index (κ3) is 3.87. The van der Waals surface area contributed by atoms with Crippen LogP contribution >= 0.6 is 0 Å². The Balaban J connectivity index is 1.99. The number of benzene rings is 2. The molecule has 4 rings (SSSR count). The first kappa shape index (κ1) is 22.5. The van der Waals surface area contributed by atoms with Crippen LogP contribution in [-0.2, 0) is 9.59 Å². The molecule has 2 N–H and O–H groups in total. The first-order chi connectivity index (χ1) is 15.7. The monoisotopic (exact) mass is 451 g/mol. The lowest BCUT2D eigenvalue weighted by Gasteiger charge is -2.27. The number of carbonyl (C=O) groups excluding carboxylic acids is 2. The number of likely N-dealkylation sites (tertiary alicyclic amines) is 1. The first-order valence-corrected chi connectivity index (χ1v) is 10.6. The van der Waals surface area contributed by atoms with Crippen LogP contribution < -0.4 is 4.74 Å². The molecule has 1 fully saturated rings. The van der Waals surface area contributed by atoms with Crippen molar-refractivity contribution in [3.05, 3.63) is 70.7 Å². The summed E-state index contributed by atoms with van der Waals surface area (Å²) in [6.07, 6.45) is 0. The van der Waals surface area contributed by atoms with Gasteiger partial charge < -0.3 is 24.6 Å². The zero-order valence-corrected chi connectivity index (χ0v) is 19.0. The largest absolute Gasteiger partial charge is 0.507 e. The van der Waals surface area contributed by atoms with E-state index in [1.807, 2.05) is 50.2 Å². The molecule has 0 aliphatic carbocycles. The number of carbonyl (C=O) groups is 2. The maximum absolute atomic E-state index is 14.1. The van der Waals surface area contributed by atoms with Gasteiger partial charge in [-0.2, -0.15) is 0 Å². The molecule has 0 saturated carbocycles. The van der Waals surface area contributed by atoms with Crippen LogP contribution in [0.5, 0.6) is 5.75 Å². The molecule has 33 heavy (non-hydrogen) atoms. The fourth-order valence-electron chi connectivity index (χ4n) is 4.38. The van der Waals surface area contributed by atoms with Gasteiger partial charge in [0.2, 0.25) is 0 Å². The number of aliphatic hydroxyl groups is 1. The van der Waals surface area contributed by atoms with Crippen LogP contribution in [0.15, 0.2) is 48.0 Å². The summed E-state index contributed by atoms with van der Waals surface area (Å²) in [6, 6.07) is 10.4. The predicted octanol–water partition coefficient (Wildman–Crippen LogP) is 3.61. The lowest BCUT2D eigenvalue weighted by atomic mass is 9.93. The molecular formula is C25H26FN3O4. The maximum Gasteiger partial charge on any atom is 0.295 e. The van der Waals surface area contributed by atoms with E-state index in [1.54, 1.807) is 0 Å². The second-order valence-corrected chi connectivity index (χ2v) is 8.35. The van der Waals surface area contributed by atoms with E-state index in [0.29, 0.717) is 6.54 Å². The van der Waals surface area contributed by atoms with Crippen LogP contribution in [0.25, 0.3) is 16.7 Å². The third-order valence-corrected chi connectivity index (χ3v) is 5.96. The van der Waals surface area contributed by atoms with E-state index in [0.717, 1.165) is 28.2 Å². The van der Waals surface area contributed by atoms with Crippen molar-refractivity contribution in [2.45, 2.75) is 13.0 Å². The van der Waals surface area contributed by atoms with Crippen LogP contribution in [0.3, 0.4) is 0 Å². The molecule has 7 nitrogen and oxygen atoms in total. The Kier molecular flexibility index (Phi) is 5.95. The minimum Gasteiger partial charge on any atom is -0.507 e. The van der Waals surface area contributed by atoms with Gasteiger partial charge in [-0.3, -0.25) is 9.59 Å². The summed E-state index contributed by atoms with van der Waals surface area (Å²) in [5.74, 6) is -2.38. The fraction of sp³-hybridized carbons (Fsp3) is 0.280. The number of methoxy groups -OCH3 is 1. The van der Waals surface area contributed by atoms with E-state index in [9.17, 15) is 19.1 Å². The first-order valence-electron chi connectivity index (χ1n) is 10.6. The van der Waals surface area contributed by atoms with Crippen molar-refractivity contribution < 1.29 is 23.8 Å². The lowest BCUT2D eigenvalue weighted by molar-refractivity contribution is -0.140. The highest BCUT2D eigenvalue weighted by atomic mass is 19.1. The number of nitrogens with zero attached hydrogens (tertiary/aromatic N) is 2. The second-order valence-electron chi connectivity index (χ2n) is 8.35. The Hall–Kier alpha value is -3.65. The average Bonchev–Trinajstić information content (AvgIpc) is 3.24. The van der Waals surface area contributed by atoms with Gasteiger partial charge in [0.05, 0.1) is 24.3 Å². The predicted molar refractivity (Wildman–Crippen MR) is 124 cm³/mol. The Morgan fingerprint density at radius 3 is 2.64 bits per heavy atom. The second kappa shape index (κ2) is 8.71. The molecule has 1 atom stereocenters. The van der Waals surface area contributed by atoms with Crippen molar-refractivity contribution in [2.24, 2.45) is 0 Å². The molecule has 0 bridgehead atoms. The highest BCUT2D eigenvalue weighted by molar-refractivity contribution is 6.46. The van der Waals surface area contributed by atoms with Crippen molar-refractivity contribution in [1.29, 1.82) is 0 Å². The number of likely N-dealkylation sites (N-methyl/N-ethyl adjacent to an activating group) is 1. The number of ketones is 1. The summed E-state index contributed by atoms with van der Waals surface area (Å²) in [7, 11) is 5.14. The summed E-state index contributed by atoms with van der Waals surface area (Å²) in [4.78, 5) is 33.1. The Labute approximate surface area is 191 Å². The smallest absolute Gasteiger partial charge is 0.295 e. The van der Waals surface area contributed by atoms with Gasteiger partial charge in [0, 0.05) is 35.2 Å². The van der Waals surface area contributed by atoms with E-state index < -0.39 is 29.3 Å². The molecule has 2 heterocycles. The summed E-state index contributed by atoms with van der Waals surface area (Å²) >= 11 is 0. The molecule has 172 valence electrons. The van der Waals surface area contributed by atoms with Gasteiger partial charge in [-0.05, 0) is 45.3 Å². The zero-order chi connectivity index (χ0) is 23.9. The number of amides is 1. The molecular weight excluding hydrogens is 425 g/mol. The van der Waals surface area contributed by atoms with Crippen molar-refractivity contribution in [1.82, 2.24) is 14.8 Å². The molecule has 1 aliphatic rings. The number of hydrogen-bond donors (Lipinski definition) is 2. The number of hydrogen-bond acceptors (Lipinski definition) is 5. The van der Waals surface area contributed by atoms with E-state index in [1.165, 1.54) is 24.1 Å². The number of nitrogens with one attached hydrogen (secondary N) is 1. The quantitative estimate of drug-likeness (QED) is 0.340. The number of para-hydroxylation sites is 1. The molecule has 0 spiro atoms. The minimum atomic E-state index is -0.839. The van der Waals surface area contributed by atoms with Crippen LogP contribution in [0.1, 0.15) is 22.9 Å². The number of rotatable bonds is 6. The van der Waals surface area contributed by atoms with Gasteiger partial charge in [-0.25, -0.2) is 4.39 Å². The number of aromatic nitrogens is 1. The lowest BCUT2D eigenvalue weighted by Crippen LogP contribution is -2.35. The number of aromatic amines is 1. The highest BCUT2D eigenvalue weighted by Crippen LogP contribution is 2.44. The Morgan fingerprint density at radius 1 is 1.21 bits per heavy atom. The van der Waals surface area contributed by atoms with Crippen LogP contribution in [0.2, 0.25) is 0 Å². The van der Waals surface area contributed by atoms with Gasteiger partial charge >= 0.3 is 0 Å². The van der Waals surface area contributed by atoms with Gasteiger partial charge in [0.1, 0.15) is 17.3 Å². The standard InChI is InChI=1S/C25H26FN3O4/c1-14-20(16-7-5-6-8-18(16)27-14)22-21(24(31)25(32)29(22)12-11-28(2)3)23(30)17-13-15(26)9-10-19(17)33-4/h5-10,13,22,27,30H,11-12H2,1-4H3/b23-21+. The molecule has 8 heteroatoms. The van der Waals surface area contributed by atoms with Crippen molar-refractivity contribution >= 4 is 28.4 Å². The summed E-state index contributed by atoms with van der Waals surface area (Å²) in [6.45, 7) is 2.66. The molecule has 1 aliphatic heterocycles. The van der Waals surface area contributed by atoms with E-state index in [4.69, 9.17) is 4.74 Å². The Bertz CT molecular complexity index is 1280. The maximum atomic E-state index is 14.1. The summed E-state index contributed by atoms with van der Waals surface area (Å²) < 4.78 is 19.4. The number of Topliss-reactive ketones (excluding diaryl/α,β-unsaturated/α-hetero) is 1. The van der Waals surface area contributed by atoms with Gasteiger partial charge in [0.25, 0.3) is 11.7 Å². The van der Waals surface area contributed by atoms with Crippen LogP contribution in [0, 0.1) is 12.7 Å². The number of H-pyrrole nitrogens is 1. The van der Waals surface area contributed by atoms with Crippen molar-refractivity contribution in [2.75, 3.05) is 34.3 Å². The molecule has 1 saturated heterocycles. The van der Waals surface area contributed by atoms with E-state index >= 15 is 0 Å². The topological polar surface area (TPSA) is 85.9 Å². The van der Waals surface area contributed by atoms with Crippen molar-refractivity contribution in [3.63, 3.8) is 0 Å². The molecule has 1 aromatic heterocycles. The van der Waals surface area contributed by atoms with Crippen LogP contribution in [0.4, 0.5) is 4.39 Å². The molecule has 1 unspecified atom stereocenters. The molecule has 2 aromatic carbocycles. The van der Waals surface area contributed by atoms with Gasteiger partial charge in [0.15, 0.2) is 0 Å². The number of aliphatic hydroxyl groups excluding tert-OH is 1. The third-order valence-electron chi connectivity index (χ3n) is 5.96. The number of aryl methyl sites for hydroxylation is 1. The van der Waals surface area contributed by atoms with Gasteiger partial charge in [-0.15, -0.1) is 0 Å². The SMILES string of the molecule is COc1ccc(F)cc1/C(O)=C1\C(=O)C(=O)N(CCN(C)C)C1c1c(C)[nH]c2ccccc12. The fourth-order valence-corrected chi connectivity index (χ4v) is 4.38. The summed E-state index contributed by atoms with van der Waals surface area (Å²) in [5.41, 5.74) is 2.28. The zero-order valence-electron chi connectivity index (χ0n) is 19.0. The van der Waals surface area contributed by atoms with Crippen LogP contribution in [-0.4, -0.2) is 65.9 Å². The van der Waals surface area contributed by atoms with Crippen molar-refractivity contribution in [3.8, 4) is 5.75 Å².